The first kappa shape index (κ1) is 19.6. The first-order chi connectivity index (χ1) is 9.79. The molecule has 0 rings (SSSR count). The number of rotatable bonds is 11. The Labute approximate surface area is 122 Å². The number of carbonyl (C=O) groups excluding carboxylic acids is 1. The third kappa shape index (κ3) is 10.0. The van der Waals surface area contributed by atoms with Crippen LogP contribution >= 0.6 is 0 Å². The number of carboxylic acid groups (broad SMARTS) is 1. The second kappa shape index (κ2) is 10.3. The van der Waals surface area contributed by atoms with E-state index in [0.717, 1.165) is 6.42 Å². The molecule has 0 heterocycles. The molecule has 0 spiro atoms. The summed E-state index contributed by atoms with van der Waals surface area (Å²) in [6.07, 6.45) is -0.409. The summed E-state index contributed by atoms with van der Waals surface area (Å²) in [6.45, 7) is 3.10. The van der Waals surface area contributed by atoms with Gasteiger partial charge < -0.3 is 19.3 Å². The van der Waals surface area contributed by atoms with Gasteiger partial charge in [-0.15, -0.1) is 0 Å². The van der Waals surface area contributed by atoms with E-state index in [1.807, 2.05) is 6.92 Å². The number of amides is 1. The molecule has 21 heavy (non-hydrogen) atoms. The maximum Gasteiger partial charge on any atom is 0.408 e. The van der Waals surface area contributed by atoms with Gasteiger partial charge in [-0.1, -0.05) is 6.92 Å². The lowest BCUT2D eigenvalue weighted by Gasteiger charge is -2.11. The van der Waals surface area contributed by atoms with Crippen LogP contribution in [0.3, 0.4) is 0 Å². The first-order valence-corrected chi connectivity index (χ1v) is 7.57. The lowest BCUT2D eigenvalue weighted by Crippen LogP contribution is -2.46. The van der Waals surface area contributed by atoms with E-state index in [-0.39, 0.29) is 13.2 Å². The lowest BCUT2D eigenvalue weighted by atomic mass is 10.5. The number of ether oxygens (including phenoxy) is 3. The zero-order valence-corrected chi connectivity index (χ0v) is 12.3. The Balaban J connectivity index is 3.82. The van der Waals surface area contributed by atoms with Gasteiger partial charge >= 0.3 is 12.1 Å². The summed E-state index contributed by atoms with van der Waals surface area (Å²) in [7, 11) is -4.97. The van der Waals surface area contributed by atoms with Crippen LogP contribution in [0.15, 0.2) is 0 Å². The lowest BCUT2D eigenvalue weighted by molar-refractivity contribution is -0.137. The van der Waals surface area contributed by atoms with Crippen molar-refractivity contribution in [3.05, 3.63) is 0 Å². The molecule has 11 heteroatoms. The molecule has 0 bridgehead atoms. The average Bonchev–Trinajstić information content (AvgIpc) is 2.37. The fourth-order valence-electron chi connectivity index (χ4n) is 1.07. The van der Waals surface area contributed by atoms with Gasteiger partial charge in [0.1, 0.15) is 6.61 Å². The van der Waals surface area contributed by atoms with E-state index in [9.17, 15) is 18.0 Å². The van der Waals surface area contributed by atoms with Gasteiger partial charge in [-0.3, -0.25) is 9.87 Å². The number of aliphatic carboxylic acids is 1. The van der Waals surface area contributed by atoms with E-state index in [1.54, 1.807) is 0 Å². The smallest absolute Gasteiger partial charge is 0.408 e. The van der Waals surface area contributed by atoms with Crippen LogP contribution in [-0.4, -0.2) is 68.5 Å². The minimum absolute atomic E-state index is 0.0342. The summed E-state index contributed by atoms with van der Waals surface area (Å²) < 4.78 is 44.6. The summed E-state index contributed by atoms with van der Waals surface area (Å²) in [5, 5.41) is 7.54. The molecule has 0 aromatic heterocycles. The fourth-order valence-corrected chi connectivity index (χ4v) is 1.57. The summed E-state index contributed by atoms with van der Waals surface area (Å²) in [4.78, 5) is 21.7. The van der Waals surface area contributed by atoms with Gasteiger partial charge in [0.2, 0.25) is 0 Å². The van der Waals surface area contributed by atoms with Crippen molar-refractivity contribution in [2.45, 2.75) is 18.7 Å². The van der Waals surface area contributed by atoms with Crippen LogP contribution in [0.5, 0.6) is 0 Å². The minimum atomic E-state index is -4.97. The number of nitrogens with one attached hydrogen (secondary N) is 1. The number of hydrogen-bond acceptors (Lipinski definition) is 7. The van der Waals surface area contributed by atoms with E-state index in [1.165, 1.54) is 5.32 Å². The Morgan fingerprint density at radius 2 is 1.62 bits per heavy atom. The molecule has 0 saturated carbocycles. The van der Waals surface area contributed by atoms with Crippen molar-refractivity contribution in [3.63, 3.8) is 0 Å². The SMILES string of the molecule is CCCOCCOCCOC(=O)NC(C(=O)O)S(=O)(=O)O. The molecule has 0 saturated heterocycles. The maximum atomic E-state index is 11.1. The molecule has 0 aliphatic rings. The highest BCUT2D eigenvalue weighted by Gasteiger charge is 2.33. The molecular weight excluding hydrogens is 310 g/mol. The number of alkyl carbamates (subject to hydrolysis) is 1. The molecule has 3 N–H and O–H groups in total. The average molecular weight is 329 g/mol. The highest BCUT2D eigenvalue weighted by Crippen LogP contribution is 1.96. The first-order valence-electron chi connectivity index (χ1n) is 6.07. The van der Waals surface area contributed by atoms with E-state index >= 15 is 0 Å². The molecule has 10 nitrogen and oxygen atoms in total. The van der Waals surface area contributed by atoms with Crippen molar-refractivity contribution < 1.29 is 41.9 Å². The second-order valence-corrected chi connectivity index (χ2v) is 5.24. The van der Waals surface area contributed by atoms with Crippen LogP contribution in [0.4, 0.5) is 4.79 Å². The van der Waals surface area contributed by atoms with Crippen LogP contribution in [0.1, 0.15) is 13.3 Å². The van der Waals surface area contributed by atoms with Gasteiger partial charge in [-0.05, 0) is 6.42 Å². The van der Waals surface area contributed by atoms with Crippen LogP contribution in [0, 0.1) is 0 Å². The number of carbonyl (C=O) groups is 2. The van der Waals surface area contributed by atoms with Gasteiger partial charge in [0, 0.05) is 6.61 Å². The van der Waals surface area contributed by atoms with Crippen molar-refractivity contribution in [2.75, 3.05) is 33.0 Å². The molecule has 0 aromatic carbocycles. The molecule has 0 aromatic rings. The van der Waals surface area contributed by atoms with Crippen molar-refractivity contribution in [1.82, 2.24) is 5.32 Å². The second-order valence-electron chi connectivity index (χ2n) is 3.74. The highest BCUT2D eigenvalue weighted by molar-refractivity contribution is 7.87. The monoisotopic (exact) mass is 329 g/mol. The Morgan fingerprint density at radius 3 is 2.10 bits per heavy atom. The standard InChI is InChI=1S/C10H19NO9S/c1-2-3-18-4-5-19-6-7-20-10(14)11-8(9(12)13)21(15,16)17/h8H,2-7H2,1H3,(H,11,14)(H,12,13)(H,15,16,17). The summed E-state index contributed by atoms with van der Waals surface area (Å²) in [6, 6.07) is 0. The van der Waals surface area contributed by atoms with Gasteiger partial charge in [-0.2, -0.15) is 8.42 Å². The Bertz CT molecular complexity index is 422. The van der Waals surface area contributed by atoms with Crippen molar-refractivity contribution in [1.29, 1.82) is 0 Å². The van der Waals surface area contributed by atoms with E-state index in [0.29, 0.717) is 19.8 Å². The van der Waals surface area contributed by atoms with Crippen LogP contribution in [0.2, 0.25) is 0 Å². The largest absolute Gasteiger partial charge is 0.479 e. The summed E-state index contributed by atoms with van der Waals surface area (Å²) >= 11 is 0. The fraction of sp³-hybridized carbons (Fsp3) is 0.800. The van der Waals surface area contributed by atoms with Gasteiger partial charge in [0.25, 0.3) is 15.5 Å². The van der Waals surface area contributed by atoms with Gasteiger partial charge in [0.05, 0.1) is 19.8 Å². The van der Waals surface area contributed by atoms with Crippen LogP contribution in [0.25, 0.3) is 0 Å². The predicted octanol–water partition coefficient (Wildman–Crippen LogP) is -0.546. The maximum absolute atomic E-state index is 11.1. The van der Waals surface area contributed by atoms with Crippen molar-refractivity contribution >= 4 is 22.2 Å². The van der Waals surface area contributed by atoms with E-state index in [4.69, 9.17) is 19.1 Å². The topological polar surface area (TPSA) is 148 Å². The van der Waals surface area contributed by atoms with Crippen molar-refractivity contribution in [3.8, 4) is 0 Å². The predicted molar refractivity (Wildman–Crippen MR) is 69.4 cm³/mol. The van der Waals surface area contributed by atoms with Gasteiger partial charge in [0.15, 0.2) is 0 Å². The Hall–Kier alpha value is -1.43. The molecule has 1 amide bonds. The molecule has 124 valence electrons. The number of carboxylic acids is 1. The summed E-state index contributed by atoms with van der Waals surface area (Å²) in [5.41, 5.74) is 0. The number of hydrogen-bond donors (Lipinski definition) is 3. The van der Waals surface area contributed by atoms with Gasteiger partial charge in [-0.25, -0.2) is 9.59 Å². The molecule has 1 unspecified atom stereocenters. The minimum Gasteiger partial charge on any atom is -0.479 e. The zero-order chi connectivity index (χ0) is 16.3. The van der Waals surface area contributed by atoms with Crippen LogP contribution in [-0.2, 0) is 29.1 Å². The Morgan fingerprint density at radius 1 is 1.10 bits per heavy atom. The van der Waals surface area contributed by atoms with E-state index < -0.39 is 27.6 Å². The van der Waals surface area contributed by atoms with Crippen LogP contribution < -0.4 is 5.32 Å². The molecule has 0 fully saturated rings. The third-order valence-corrected chi connectivity index (χ3v) is 2.87. The summed E-state index contributed by atoms with van der Waals surface area (Å²) in [5.74, 6) is -1.93. The Kier molecular flexibility index (Phi) is 9.62. The molecule has 0 aliphatic carbocycles. The van der Waals surface area contributed by atoms with Crippen molar-refractivity contribution in [2.24, 2.45) is 0 Å². The zero-order valence-electron chi connectivity index (χ0n) is 11.5. The molecule has 0 aliphatic heterocycles. The quantitative estimate of drug-likeness (QED) is 0.335. The third-order valence-electron chi connectivity index (χ3n) is 1.95. The molecule has 0 radical (unpaired) electrons. The molecule has 1 atom stereocenters. The molecular formula is C10H19NO9S. The normalized spacial score (nSPS) is 12.7. The van der Waals surface area contributed by atoms with E-state index in [2.05, 4.69) is 4.74 Å². The highest BCUT2D eigenvalue weighted by atomic mass is 32.2.